The number of nitrogen functional groups attached to an aromatic ring is 1. The van der Waals surface area contributed by atoms with Gasteiger partial charge in [0.2, 0.25) is 0 Å². The highest BCUT2D eigenvalue weighted by Crippen LogP contribution is 2.25. The van der Waals surface area contributed by atoms with Crippen LogP contribution in [0.4, 0.5) is 11.4 Å². The van der Waals surface area contributed by atoms with Crippen molar-refractivity contribution in [1.29, 1.82) is 0 Å². The molecule has 0 radical (unpaired) electrons. The number of amides is 1. The molecule has 2 rings (SSSR count). The second kappa shape index (κ2) is 7.31. The molecule has 1 fully saturated rings. The van der Waals surface area contributed by atoms with Crippen LogP contribution in [0.25, 0.3) is 0 Å². The van der Waals surface area contributed by atoms with Crippen molar-refractivity contribution < 1.29 is 9.53 Å². The Kier molecular flexibility index (Phi) is 5.44. The Balaban J connectivity index is 2.03. The van der Waals surface area contributed by atoms with Crippen LogP contribution in [0, 0.1) is 0 Å². The fraction of sp³-hybridized carbons (Fsp3) is 0.562. The number of nitrogens with zero attached hydrogens (tertiary/aromatic N) is 1. The predicted octanol–water partition coefficient (Wildman–Crippen LogP) is 2.02. The zero-order valence-electron chi connectivity index (χ0n) is 12.9. The van der Waals surface area contributed by atoms with E-state index in [9.17, 15) is 4.79 Å². The molecule has 21 heavy (non-hydrogen) atoms. The van der Waals surface area contributed by atoms with Crippen LogP contribution >= 0.6 is 0 Å². The summed E-state index contributed by atoms with van der Waals surface area (Å²) in [5, 5.41) is 2.78. The largest absolute Gasteiger partial charge is 0.397 e. The van der Waals surface area contributed by atoms with Crippen molar-refractivity contribution in [2.24, 2.45) is 0 Å². The van der Waals surface area contributed by atoms with Gasteiger partial charge in [0.15, 0.2) is 0 Å². The quantitative estimate of drug-likeness (QED) is 0.815. The highest BCUT2D eigenvalue weighted by Gasteiger charge is 2.17. The highest BCUT2D eigenvalue weighted by atomic mass is 16.5. The second-order valence-corrected chi connectivity index (χ2v) is 5.50. The van der Waals surface area contributed by atoms with E-state index in [2.05, 4.69) is 10.2 Å². The molecule has 3 N–H and O–H groups in total. The SMILES string of the molecule is CCNC(=O)c1ccc(N(C)CC2CCCCO2)c(N)c1. The summed E-state index contributed by atoms with van der Waals surface area (Å²) in [7, 11) is 2.01. The van der Waals surface area contributed by atoms with Crippen LogP contribution in [0.5, 0.6) is 0 Å². The molecule has 1 atom stereocenters. The number of hydrogen-bond donors (Lipinski definition) is 2. The molecular weight excluding hydrogens is 266 g/mol. The normalized spacial score (nSPS) is 18.3. The second-order valence-electron chi connectivity index (χ2n) is 5.50. The van der Waals surface area contributed by atoms with Crippen LogP contribution in [-0.2, 0) is 4.74 Å². The number of ether oxygens (including phenoxy) is 1. The van der Waals surface area contributed by atoms with E-state index in [-0.39, 0.29) is 12.0 Å². The van der Waals surface area contributed by atoms with Gasteiger partial charge in [-0.25, -0.2) is 0 Å². The van der Waals surface area contributed by atoms with Crippen molar-refractivity contribution >= 4 is 17.3 Å². The fourth-order valence-corrected chi connectivity index (χ4v) is 2.66. The number of likely N-dealkylation sites (N-methyl/N-ethyl adjacent to an activating group) is 1. The van der Waals surface area contributed by atoms with Gasteiger partial charge < -0.3 is 20.7 Å². The van der Waals surface area contributed by atoms with Crippen molar-refractivity contribution in [3.8, 4) is 0 Å². The predicted molar refractivity (Wildman–Crippen MR) is 85.7 cm³/mol. The molecule has 1 aliphatic rings. The molecule has 116 valence electrons. The third-order valence-electron chi connectivity index (χ3n) is 3.79. The number of anilines is 2. The minimum Gasteiger partial charge on any atom is -0.397 e. The number of benzene rings is 1. The summed E-state index contributed by atoms with van der Waals surface area (Å²) >= 11 is 0. The van der Waals surface area contributed by atoms with Gasteiger partial charge in [0.1, 0.15) is 0 Å². The summed E-state index contributed by atoms with van der Waals surface area (Å²) in [6.07, 6.45) is 3.75. The van der Waals surface area contributed by atoms with Crippen LogP contribution < -0.4 is 16.0 Å². The molecule has 1 amide bonds. The summed E-state index contributed by atoms with van der Waals surface area (Å²) in [5.74, 6) is -0.0889. The third-order valence-corrected chi connectivity index (χ3v) is 3.79. The minimum absolute atomic E-state index is 0.0889. The van der Waals surface area contributed by atoms with Gasteiger partial charge in [-0.05, 0) is 44.4 Å². The van der Waals surface area contributed by atoms with Crippen LogP contribution in [0.15, 0.2) is 18.2 Å². The van der Waals surface area contributed by atoms with Gasteiger partial charge in [0.05, 0.1) is 17.5 Å². The average molecular weight is 291 g/mol. The maximum absolute atomic E-state index is 11.8. The van der Waals surface area contributed by atoms with E-state index in [1.54, 1.807) is 6.07 Å². The lowest BCUT2D eigenvalue weighted by Crippen LogP contribution is -2.33. The van der Waals surface area contributed by atoms with Crippen molar-refractivity contribution in [3.05, 3.63) is 23.8 Å². The summed E-state index contributed by atoms with van der Waals surface area (Å²) in [5.41, 5.74) is 8.26. The molecule has 0 spiro atoms. The van der Waals surface area contributed by atoms with Gasteiger partial charge in [-0.15, -0.1) is 0 Å². The Morgan fingerprint density at radius 2 is 2.29 bits per heavy atom. The maximum atomic E-state index is 11.8. The Morgan fingerprint density at radius 1 is 1.48 bits per heavy atom. The van der Waals surface area contributed by atoms with E-state index in [0.29, 0.717) is 17.8 Å². The lowest BCUT2D eigenvalue weighted by atomic mass is 10.1. The topological polar surface area (TPSA) is 67.6 Å². The molecule has 1 unspecified atom stereocenters. The first-order valence-electron chi connectivity index (χ1n) is 7.62. The molecule has 1 aliphatic heterocycles. The lowest BCUT2D eigenvalue weighted by Gasteiger charge is -2.29. The van der Waals surface area contributed by atoms with E-state index < -0.39 is 0 Å². The first-order valence-corrected chi connectivity index (χ1v) is 7.62. The minimum atomic E-state index is -0.0889. The summed E-state index contributed by atoms with van der Waals surface area (Å²) in [6.45, 7) is 4.18. The van der Waals surface area contributed by atoms with Gasteiger partial charge in [0.25, 0.3) is 5.91 Å². The Hall–Kier alpha value is -1.75. The zero-order valence-corrected chi connectivity index (χ0v) is 12.9. The van der Waals surface area contributed by atoms with E-state index in [4.69, 9.17) is 10.5 Å². The molecule has 0 aromatic heterocycles. The number of nitrogens with one attached hydrogen (secondary N) is 1. The first kappa shape index (κ1) is 15.6. The first-order chi connectivity index (χ1) is 10.1. The van der Waals surface area contributed by atoms with Crippen molar-refractivity contribution in [2.45, 2.75) is 32.3 Å². The molecule has 5 heteroatoms. The van der Waals surface area contributed by atoms with Gasteiger partial charge in [-0.3, -0.25) is 4.79 Å². The van der Waals surface area contributed by atoms with E-state index >= 15 is 0 Å². The number of hydrogen-bond acceptors (Lipinski definition) is 4. The van der Waals surface area contributed by atoms with Gasteiger partial charge in [0, 0.05) is 32.3 Å². The molecule has 1 saturated heterocycles. The maximum Gasteiger partial charge on any atom is 0.251 e. The average Bonchev–Trinajstić information content (AvgIpc) is 2.48. The van der Waals surface area contributed by atoms with Crippen LogP contribution in [0.1, 0.15) is 36.5 Å². The lowest BCUT2D eigenvalue weighted by molar-refractivity contribution is 0.0216. The monoisotopic (exact) mass is 291 g/mol. The smallest absolute Gasteiger partial charge is 0.251 e. The Bertz CT molecular complexity index is 484. The van der Waals surface area contributed by atoms with E-state index in [0.717, 1.165) is 31.7 Å². The summed E-state index contributed by atoms with van der Waals surface area (Å²) in [6, 6.07) is 5.45. The standard InChI is InChI=1S/C16H25N3O2/c1-3-18-16(20)12-7-8-15(14(17)10-12)19(2)11-13-6-4-5-9-21-13/h7-8,10,13H,3-6,9,11,17H2,1-2H3,(H,18,20). The van der Waals surface area contributed by atoms with E-state index in [1.165, 1.54) is 6.42 Å². The Morgan fingerprint density at radius 3 is 2.90 bits per heavy atom. The molecule has 1 heterocycles. The van der Waals surface area contributed by atoms with Crippen molar-refractivity contribution in [3.63, 3.8) is 0 Å². The van der Waals surface area contributed by atoms with Gasteiger partial charge in [-0.1, -0.05) is 0 Å². The number of rotatable bonds is 5. The van der Waals surface area contributed by atoms with Crippen molar-refractivity contribution in [2.75, 3.05) is 37.4 Å². The third kappa shape index (κ3) is 4.11. The fourth-order valence-electron chi connectivity index (χ4n) is 2.66. The molecule has 0 saturated carbocycles. The van der Waals surface area contributed by atoms with Crippen molar-refractivity contribution in [1.82, 2.24) is 5.32 Å². The van der Waals surface area contributed by atoms with Gasteiger partial charge >= 0.3 is 0 Å². The van der Waals surface area contributed by atoms with E-state index in [1.807, 2.05) is 26.1 Å². The number of carbonyl (C=O) groups is 1. The van der Waals surface area contributed by atoms with Crippen LogP contribution in [-0.4, -0.2) is 38.8 Å². The molecular formula is C16H25N3O2. The Labute approximate surface area is 126 Å². The van der Waals surface area contributed by atoms with Crippen LogP contribution in [0.2, 0.25) is 0 Å². The zero-order chi connectivity index (χ0) is 15.2. The van der Waals surface area contributed by atoms with Crippen LogP contribution in [0.3, 0.4) is 0 Å². The van der Waals surface area contributed by atoms with Gasteiger partial charge in [-0.2, -0.15) is 0 Å². The molecule has 1 aromatic carbocycles. The molecule has 0 bridgehead atoms. The highest BCUT2D eigenvalue weighted by molar-refractivity contribution is 5.96. The summed E-state index contributed by atoms with van der Waals surface area (Å²) < 4.78 is 5.76. The molecule has 0 aliphatic carbocycles. The molecule has 5 nitrogen and oxygen atoms in total. The summed E-state index contributed by atoms with van der Waals surface area (Å²) in [4.78, 5) is 13.9. The number of carbonyl (C=O) groups excluding carboxylic acids is 1. The molecule has 1 aromatic rings. The number of nitrogens with two attached hydrogens (primary N) is 1.